The molecule has 0 bridgehead atoms. The Hall–Kier alpha value is -1.59. The van der Waals surface area contributed by atoms with E-state index >= 15 is 0 Å². The van der Waals surface area contributed by atoms with E-state index in [4.69, 9.17) is 14.2 Å². The molecule has 0 aromatic carbocycles. The zero-order valence-electron chi connectivity index (χ0n) is 9.28. The number of rotatable bonds is 4. The molecule has 1 fully saturated rings. The maximum absolute atomic E-state index is 11.6. The molecule has 0 amide bonds. The van der Waals surface area contributed by atoms with E-state index in [2.05, 4.69) is 0 Å². The van der Waals surface area contributed by atoms with Crippen LogP contribution in [0.3, 0.4) is 0 Å². The van der Waals surface area contributed by atoms with Crippen molar-refractivity contribution in [3.63, 3.8) is 0 Å². The van der Waals surface area contributed by atoms with Crippen LogP contribution in [0.1, 0.15) is 26.7 Å². The van der Waals surface area contributed by atoms with Crippen LogP contribution in [0.15, 0.2) is 0 Å². The topological polar surface area (TPSA) is 78.9 Å². The number of hydrogen-bond acceptors (Lipinski definition) is 6. The van der Waals surface area contributed by atoms with Crippen molar-refractivity contribution in [2.45, 2.75) is 32.3 Å². The largest absolute Gasteiger partial charge is 0.463 e. The molecule has 0 unspecified atom stereocenters. The second kappa shape index (κ2) is 4.96. The Morgan fingerprint density at radius 1 is 1.25 bits per heavy atom. The molecule has 0 saturated carbocycles. The van der Waals surface area contributed by atoms with E-state index in [0.29, 0.717) is 0 Å². The third-order valence-electron chi connectivity index (χ3n) is 2.18. The maximum Gasteiger partial charge on any atom is 0.362 e. The summed E-state index contributed by atoms with van der Waals surface area (Å²) in [6.45, 7) is 3.43. The van der Waals surface area contributed by atoms with Crippen LogP contribution < -0.4 is 0 Å². The molecule has 1 aliphatic heterocycles. The van der Waals surface area contributed by atoms with Gasteiger partial charge in [0.25, 0.3) is 0 Å². The summed E-state index contributed by atoms with van der Waals surface area (Å²) in [5, 5.41) is 0. The summed E-state index contributed by atoms with van der Waals surface area (Å²) in [5.74, 6) is -2.32. The SMILES string of the molecule is CCOC(=O)C1(C(=O)OCC)CCC(=O)O1. The molecule has 0 aromatic rings. The third kappa shape index (κ3) is 2.15. The highest BCUT2D eigenvalue weighted by Crippen LogP contribution is 2.29. The van der Waals surface area contributed by atoms with Crippen molar-refractivity contribution in [3.8, 4) is 0 Å². The van der Waals surface area contributed by atoms with Gasteiger partial charge in [-0.1, -0.05) is 0 Å². The van der Waals surface area contributed by atoms with Crippen molar-refractivity contribution >= 4 is 17.9 Å². The van der Waals surface area contributed by atoms with Crippen molar-refractivity contribution in [1.29, 1.82) is 0 Å². The Labute approximate surface area is 92.8 Å². The van der Waals surface area contributed by atoms with E-state index in [0.717, 1.165) is 0 Å². The van der Waals surface area contributed by atoms with Crippen LogP contribution in [-0.2, 0) is 28.6 Å². The number of carbonyl (C=O) groups is 3. The molecule has 0 aliphatic carbocycles. The second-order valence-electron chi connectivity index (χ2n) is 3.24. The molecule has 1 aliphatic rings. The molecule has 0 atom stereocenters. The quantitative estimate of drug-likeness (QED) is 0.389. The lowest BCUT2D eigenvalue weighted by molar-refractivity contribution is -0.189. The van der Waals surface area contributed by atoms with E-state index in [9.17, 15) is 14.4 Å². The number of hydrogen-bond donors (Lipinski definition) is 0. The summed E-state index contributed by atoms with van der Waals surface area (Å²) in [7, 11) is 0. The lowest BCUT2D eigenvalue weighted by Gasteiger charge is -2.22. The van der Waals surface area contributed by atoms with Crippen LogP contribution in [0.4, 0.5) is 0 Å². The summed E-state index contributed by atoms with van der Waals surface area (Å²) in [6.07, 6.45) is -0.0128. The van der Waals surface area contributed by atoms with Gasteiger partial charge in [0.05, 0.1) is 19.6 Å². The Bertz CT molecular complexity index is 290. The number of esters is 3. The number of carbonyl (C=O) groups excluding carboxylic acids is 3. The molecule has 6 heteroatoms. The van der Waals surface area contributed by atoms with E-state index in [1.54, 1.807) is 13.8 Å². The molecule has 90 valence electrons. The molecule has 1 heterocycles. The first-order valence-corrected chi connectivity index (χ1v) is 5.13. The molecular formula is C10H14O6. The van der Waals surface area contributed by atoms with Gasteiger partial charge in [-0.2, -0.15) is 0 Å². The Morgan fingerprint density at radius 3 is 2.06 bits per heavy atom. The van der Waals surface area contributed by atoms with Crippen molar-refractivity contribution in [3.05, 3.63) is 0 Å². The number of ether oxygens (including phenoxy) is 3. The average molecular weight is 230 g/mol. The zero-order chi connectivity index (χ0) is 12.2. The molecular weight excluding hydrogens is 216 g/mol. The summed E-state index contributed by atoms with van der Waals surface area (Å²) in [4.78, 5) is 34.3. The second-order valence-corrected chi connectivity index (χ2v) is 3.24. The van der Waals surface area contributed by atoms with Gasteiger partial charge < -0.3 is 14.2 Å². The smallest absolute Gasteiger partial charge is 0.362 e. The van der Waals surface area contributed by atoms with Gasteiger partial charge in [-0.3, -0.25) is 4.79 Å². The van der Waals surface area contributed by atoms with Gasteiger partial charge >= 0.3 is 23.5 Å². The van der Waals surface area contributed by atoms with E-state index < -0.39 is 23.5 Å². The third-order valence-corrected chi connectivity index (χ3v) is 2.18. The first-order chi connectivity index (χ1) is 7.56. The van der Waals surface area contributed by atoms with Crippen LogP contribution in [0.2, 0.25) is 0 Å². The van der Waals surface area contributed by atoms with E-state index in [1.807, 2.05) is 0 Å². The van der Waals surface area contributed by atoms with Crippen molar-refractivity contribution in [1.82, 2.24) is 0 Å². The number of cyclic esters (lactones) is 1. The van der Waals surface area contributed by atoms with E-state index in [1.165, 1.54) is 0 Å². The molecule has 0 spiro atoms. The highest BCUT2D eigenvalue weighted by molar-refractivity contribution is 6.07. The zero-order valence-corrected chi connectivity index (χ0v) is 9.28. The van der Waals surface area contributed by atoms with Gasteiger partial charge in [-0.15, -0.1) is 0 Å². The minimum absolute atomic E-state index is 0.0115. The lowest BCUT2D eigenvalue weighted by Crippen LogP contribution is -2.48. The molecule has 0 N–H and O–H groups in total. The average Bonchev–Trinajstić information content (AvgIpc) is 2.63. The Kier molecular flexibility index (Phi) is 3.87. The normalized spacial score (nSPS) is 17.8. The van der Waals surface area contributed by atoms with E-state index in [-0.39, 0.29) is 26.1 Å². The molecule has 1 rings (SSSR count). The summed E-state index contributed by atoms with van der Waals surface area (Å²) in [5.41, 5.74) is -1.89. The van der Waals surface area contributed by atoms with Gasteiger partial charge in [0.2, 0.25) is 0 Å². The predicted octanol–water partition coefficient (Wildman–Crippen LogP) is 0.188. The van der Waals surface area contributed by atoms with Crippen LogP contribution in [0.5, 0.6) is 0 Å². The van der Waals surface area contributed by atoms with Crippen molar-refractivity contribution in [2.75, 3.05) is 13.2 Å². The summed E-state index contributed by atoms with van der Waals surface area (Å²) >= 11 is 0. The van der Waals surface area contributed by atoms with Crippen LogP contribution >= 0.6 is 0 Å². The maximum atomic E-state index is 11.6. The Balaban J connectivity index is 2.89. The van der Waals surface area contributed by atoms with Crippen molar-refractivity contribution in [2.24, 2.45) is 0 Å². The van der Waals surface area contributed by atoms with Gasteiger partial charge in [0.1, 0.15) is 0 Å². The molecule has 1 saturated heterocycles. The van der Waals surface area contributed by atoms with Crippen LogP contribution in [0.25, 0.3) is 0 Å². The fraction of sp³-hybridized carbons (Fsp3) is 0.700. The van der Waals surface area contributed by atoms with Crippen molar-refractivity contribution < 1.29 is 28.6 Å². The molecule has 0 aromatic heterocycles. The molecule has 6 nitrogen and oxygen atoms in total. The summed E-state index contributed by atoms with van der Waals surface area (Å²) in [6, 6.07) is 0. The Morgan fingerprint density at radius 2 is 1.75 bits per heavy atom. The highest BCUT2D eigenvalue weighted by Gasteiger charge is 2.56. The highest BCUT2D eigenvalue weighted by atomic mass is 16.6. The minimum atomic E-state index is -1.89. The van der Waals surface area contributed by atoms with Crippen LogP contribution in [0, 0.1) is 0 Å². The first-order valence-electron chi connectivity index (χ1n) is 5.13. The fourth-order valence-corrected chi connectivity index (χ4v) is 1.44. The standard InChI is InChI=1S/C10H14O6/c1-3-14-8(12)10(9(13)15-4-2)6-5-7(11)16-10/h3-6H2,1-2H3. The molecule has 0 radical (unpaired) electrons. The van der Waals surface area contributed by atoms with Crippen LogP contribution in [-0.4, -0.2) is 36.7 Å². The predicted molar refractivity (Wildman–Crippen MR) is 51.3 cm³/mol. The monoisotopic (exact) mass is 230 g/mol. The fourth-order valence-electron chi connectivity index (χ4n) is 1.44. The molecule has 16 heavy (non-hydrogen) atoms. The van der Waals surface area contributed by atoms with Gasteiger partial charge in [-0.25, -0.2) is 9.59 Å². The first kappa shape index (κ1) is 12.5. The van der Waals surface area contributed by atoms with Gasteiger partial charge in [0, 0.05) is 6.42 Å². The lowest BCUT2D eigenvalue weighted by atomic mass is 10.0. The van der Waals surface area contributed by atoms with Gasteiger partial charge in [-0.05, 0) is 13.8 Å². The van der Waals surface area contributed by atoms with Gasteiger partial charge in [0.15, 0.2) is 0 Å². The summed E-state index contributed by atoms with van der Waals surface area (Å²) < 4.78 is 14.2. The minimum Gasteiger partial charge on any atom is -0.463 e.